The van der Waals surface area contributed by atoms with Crippen molar-refractivity contribution in [1.29, 1.82) is 0 Å². The molecule has 1 atom stereocenters. The lowest BCUT2D eigenvalue weighted by atomic mass is 9.97. The molecule has 18 heavy (non-hydrogen) atoms. The first-order valence-corrected chi connectivity index (χ1v) is 5.79. The lowest BCUT2D eigenvalue weighted by Crippen LogP contribution is -2.42. The van der Waals surface area contributed by atoms with Gasteiger partial charge in [-0.25, -0.2) is 0 Å². The molecule has 0 radical (unpaired) electrons. The molecule has 0 aliphatic carbocycles. The minimum atomic E-state index is -0.859. The smallest absolute Gasteiger partial charge is 0.308 e. The van der Waals surface area contributed by atoms with E-state index in [-0.39, 0.29) is 18.9 Å². The van der Waals surface area contributed by atoms with Crippen molar-refractivity contribution in [3.8, 4) is 5.75 Å². The summed E-state index contributed by atoms with van der Waals surface area (Å²) in [4.78, 5) is 24.4. The second-order valence-electron chi connectivity index (χ2n) is 4.25. The maximum Gasteiger partial charge on any atom is 0.308 e. The molecular formula is C13H15NO4. The number of carboxylic acid groups (broad SMARTS) is 1. The van der Waals surface area contributed by atoms with Gasteiger partial charge in [-0.15, -0.1) is 0 Å². The van der Waals surface area contributed by atoms with Crippen LogP contribution in [0.3, 0.4) is 0 Å². The van der Waals surface area contributed by atoms with E-state index in [1.807, 2.05) is 6.07 Å². The lowest BCUT2D eigenvalue weighted by molar-refractivity contribution is -0.142. The summed E-state index contributed by atoms with van der Waals surface area (Å²) in [6, 6.07) is 7.13. The molecule has 96 valence electrons. The summed E-state index contributed by atoms with van der Waals surface area (Å²) in [5, 5.41) is 9.05. The Kier molecular flexibility index (Phi) is 3.50. The highest BCUT2D eigenvalue weighted by Gasteiger charge is 2.31. The zero-order valence-corrected chi connectivity index (χ0v) is 10.1. The number of aliphatic carboxylic acids is 1. The van der Waals surface area contributed by atoms with E-state index in [1.54, 1.807) is 18.2 Å². The Balaban J connectivity index is 2.29. The molecule has 1 heterocycles. The van der Waals surface area contributed by atoms with E-state index in [0.29, 0.717) is 17.9 Å². The van der Waals surface area contributed by atoms with Crippen molar-refractivity contribution in [2.75, 3.05) is 18.6 Å². The van der Waals surface area contributed by atoms with Crippen LogP contribution in [-0.4, -0.2) is 30.6 Å². The number of nitrogens with zero attached hydrogens (tertiary/aromatic N) is 1. The van der Waals surface area contributed by atoms with E-state index in [4.69, 9.17) is 9.84 Å². The maximum atomic E-state index is 11.9. The number of carboxylic acids is 1. The summed E-state index contributed by atoms with van der Waals surface area (Å²) in [6.07, 6.45) is 0.662. The molecule has 0 bridgehead atoms. The lowest BCUT2D eigenvalue weighted by Gasteiger charge is -2.31. The predicted molar refractivity (Wildman–Crippen MR) is 65.7 cm³/mol. The fourth-order valence-corrected chi connectivity index (χ4v) is 2.13. The Morgan fingerprint density at radius 3 is 2.83 bits per heavy atom. The van der Waals surface area contributed by atoms with Crippen molar-refractivity contribution in [2.45, 2.75) is 12.8 Å². The highest BCUT2D eigenvalue weighted by Crippen LogP contribution is 2.31. The van der Waals surface area contributed by atoms with E-state index < -0.39 is 11.9 Å². The molecule has 1 aromatic rings. The zero-order valence-electron chi connectivity index (χ0n) is 10.1. The van der Waals surface area contributed by atoms with Gasteiger partial charge in [0.1, 0.15) is 5.75 Å². The van der Waals surface area contributed by atoms with Crippen molar-refractivity contribution in [3.63, 3.8) is 0 Å². The largest absolute Gasteiger partial charge is 0.495 e. The number of benzene rings is 1. The van der Waals surface area contributed by atoms with Crippen molar-refractivity contribution >= 4 is 17.6 Å². The minimum absolute atomic E-state index is 0.0583. The van der Waals surface area contributed by atoms with E-state index in [9.17, 15) is 9.59 Å². The van der Waals surface area contributed by atoms with Crippen LogP contribution in [0, 0.1) is 5.92 Å². The Labute approximate surface area is 105 Å². The number of piperidine rings is 1. The van der Waals surface area contributed by atoms with Gasteiger partial charge < -0.3 is 14.7 Å². The monoisotopic (exact) mass is 249 g/mol. The van der Waals surface area contributed by atoms with Crippen molar-refractivity contribution in [2.24, 2.45) is 5.92 Å². The molecule has 0 saturated carbocycles. The molecule has 2 rings (SSSR count). The summed E-state index contributed by atoms with van der Waals surface area (Å²) in [7, 11) is 1.53. The van der Waals surface area contributed by atoms with Crippen LogP contribution in [0.15, 0.2) is 24.3 Å². The first kappa shape index (κ1) is 12.4. The van der Waals surface area contributed by atoms with Gasteiger partial charge in [-0.1, -0.05) is 12.1 Å². The van der Waals surface area contributed by atoms with Crippen LogP contribution in [0.2, 0.25) is 0 Å². The normalized spacial score (nSPS) is 19.7. The SMILES string of the molecule is COc1ccccc1N1CC(C(=O)O)CCC1=O. The number of rotatable bonds is 3. The van der Waals surface area contributed by atoms with Crippen LogP contribution in [0.4, 0.5) is 5.69 Å². The number of methoxy groups -OCH3 is 1. The van der Waals surface area contributed by atoms with E-state index >= 15 is 0 Å². The number of carbonyl (C=O) groups is 2. The molecule has 1 fully saturated rings. The van der Waals surface area contributed by atoms with Crippen LogP contribution in [0.1, 0.15) is 12.8 Å². The van der Waals surface area contributed by atoms with Crippen LogP contribution in [0.25, 0.3) is 0 Å². The standard InChI is InChI=1S/C13H15NO4/c1-18-11-5-3-2-4-10(11)14-8-9(13(16)17)6-7-12(14)15/h2-5,9H,6-8H2,1H3,(H,16,17). The zero-order chi connectivity index (χ0) is 13.1. The third-order valence-electron chi connectivity index (χ3n) is 3.14. The highest BCUT2D eigenvalue weighted by atomic mass is 16.5. The molecular weight excluding hydrogens is 234 g/mol. The van der Waals surface area contributed by atoms with Gasteiger partial charge in [0.05, 0.1) is 18.7 Å². The van der Waals surface area contributed by atoms with Crippen molar-refractivity contribution in [3.05, 3.63) is 24.3 Å². The number of amides is 1. The molecule has 1 aliphatic heterocycles. The number of hydrogen-bond acceptors (Lipinski definition) is 3. The molecule has 1 amide bonds. The Morgan fingerprint density at radius 2 is 2.17 bits per heavy atom. The fourth-order valence-electron chi connectivity index (χ4n) is 2.13. The van der Waals surface area contributed by atoms with E-state index in [0.717, 1.165) is 0 Å². The minimum Gasteiger partial charge on any atom is -0.495 e. The van der Waals surface area contributed by atoms with Gasteiger partial charge in [0.15, 0.2) is 0 Å². The molecule has 1 unspecified atom stereocenters. The van der Waals surface area contributed by atoms with Crippen molar-refractivity contribution < 1.29 is 19.4 Å². The van der Waals surface area contributed by atoms with E-state index in [1.165, 1.54) is 12.0 Å². The quantitative estimate of drug-likeness (QED) is 0.882. The average Bonchev–Trinajstić information content (AvgIpc) is 2.39. The molecule has 5 nitrogen and oxygen atoms in total. The number of hydrogen-bond donors (Lipinski definition) is 1. The Bertz CT molecular complexity index is 472. The third kappa shape index (κ3) is 2.30. The van der Waals surface area contributed by atoms with Crippen LogP contribution >= 0.6 is 0 Å². The molecule has 1 aromatic carbocycles. The van der Waals surface area contributed by atoms with Gasteiger partial charge in [-0.3, -0.25) is 9.59 Å². The number of ether oxygens (including phenoxy) is 1. The fraction of sp³-hybridized carbons (Fsp3) is 0.385. The molecule has 5 heteroatoms. The number of carbonyl (C=O) groups excluding carboxylic acids is 1. The Morgan fingerprint density at radius 1 is 1.44 bits per heavy atom. The summed E-state index contributed by atoms with van der Waals surface area (Å²) in [5.41, 5.74) is 0.635. The molecule has 1 N–H and O–H groups in total. The highest BCUT2D eigenvalue weighted by molar-refractivity contribution is 5.96. The second kappa shape index (κ2) is 5.08. The molecule has 0 aromatic heterocycles. The first-order chi connectivity index (χ1) is 8.63. The van der Waals surface area contributed by atoms with Gasteiger partial charge >= 0.3 is 5.97 Å². The third-order valence-corrected chi connectivity index (χ3v) is 3.14. The number of anilines is 1. The second-order valence-corrected chi connectivity index (χ2v) is 4.25. The first-order valence-electron chi connectivity index (χ1n) is 5.79. The number of para-hydroxylation sites is 2. The maximum absolute atomic E-state index is 11.9. The van der Waals surface area contributed by atoms with Crippen LogP contribution in [-0.2, 0) is 9.59 Å². The average molecular weight is 249 g/mol. The summed E-state index contributed by atoms with van der Waals surface area (Å²) in [6.45, 7) is 0.203. The predicted octanol–water partition coefficient (Wildman–Crippen LogP) is 1.52. The molecule has 0 spiro atoms. The van der Waals surface area contributed by atoms with Gasteiger partial charge in [-0.05, 0) is 18.6 Å². The van der Waals surface area contributed by atoms with Crippen LogP contribution in [0.5, 0.6) is 5.75 Å². The van der Waals surface area contributed by atoms with Crippen molar-refractivity contribution in [1.82, 2.24) is 0 Å². The summed E-state index contributed by atoms with van der Waals surface area (Å²) < 4.78 is 5.20. The summed E-state index contributed by atoms with van der Waals surface area (Å²) >= 11 is 0. The van der Waals surface area contributed by atoms with E-state index in [2.05, 4.69) is 0 Å². The summed E-state index contributed by atoms with van der Waals surface area (Å²) in [5.74, 6) is -0.844. The topological polar surface area (TPSA) is 66.8 Å². The van der Waals surface area contributed by atoms with Gasteiger partial charge in [0.25, 0.3) is 0 Å². The molecule has 1 aliphatic rings. The molecule has 1 saturated heterocycles. The Hall–Kier alpha value is -2.04. The van der Waals surface area contributed by atoms with Gasteiger partial charge in [0.2, 0.25) is 5.91 Å². The van der Waals surface area contributed by atoms with Crippen LogP contribution < -0.4 is 9.64 Å². The van der Waals surface area contributed by atoms with Gasteiger partial charge in [0, 0.05) is 13.0 Å². The van der Waals surface area contributed by atoms with Gasteiger partial charge in [-0.2, -0.15) is 0 Å².